The molecule has 0 saturated carbocycles. The number of allylic oxidation sites excluding steroid dienone is 2. The average Bonchev–Trinajstić information content (AvgIpc) is 2.36. The average molecular weight is 266 g/mol. The third kappa shape index (κ3) is 6.76. The van der Waals surface area contributed by atoms with Crippen LogP contribution in [0.1, 0.15) is 52.9 Å². The molecule has 1 rings (SSSR count). The molecule has 0 aliphatic carbocycles. The quantitative estimate of drug-likeness (QED) is 0.720. The van der Waals surface area contributed by atoms with Crippen molar-refractivity contribution in [2.24, 2.45) is 17.6 Å². The van der Waals surface area contributed by atoms with Gasteiger partial charge >= 0.3 is 0 Å². The second-order valence-corrected chi connectivity index (χ2v) is 6.27. The Morgan fingerprint density at radius 1 is 1.32 bits per heavy atom. The van der Waals surface area contributed by atoms with Crippen LogP contribution in [0, 0.1) is 11.8 Å². The summed E-state index contributed by atoms with van der Waals surface area (Å²) in [7, 11) is 0. The number of amides is 1. The smallest absolute Gasteiger partial charge is 0.220 e. The summed E-state index contributed by atoms with van der Waals surface area (Å²) in [6.45, 7) is 9.90. The SMILES string of the molecule is CC(C)=CCC[C@@H](C)CCN1CCC(C(N)=O)CC1. The lowest BCUT2D eigenvalue weighted by atomic mass is 9.95. The van der Waals surface area contributed by atoms with E-state index in [0.29, 0.717) is 0 Å². The minimum absolute atomic E-state index is 0.116. The van der Waals surface area contributed by atoms with Gasteiger partial charge in [-0.3, -0.25) is 4.79 Å². The van der Waals surface area contributed by atoms with E-state index in [1.165, 1.54) is 31.4 Å². The molecule has 0 radical (unpaired) electrons. The van der Waals surface area contributed by atoms with Crippen molar-refractivity contribution >= 4 is 5.91 Å². The van der Waals surface area contributed by atoms with Crippen LogP contribution < -0.4 is 5.73 Å². The van der Waals surface area contributed by atoms with Crippen molar-refractivity contribution in [3.8, 4) is 0 Å². The topological polar surface area (TPSA) is 46.3 Å². The molecule has 0 unspecified atom stereocenters. The Morgan fingerprint density at radius 2 is 1.95 bits per heavy atom. The molecule has 1 heterocycles. The molecule has 1 saturated heterocycles. The highest BCUT2D eigenvalue weighted by Crippen LogP contribution is 2.19. The Labute approximate surface area is 118 Å². The van der Waals surface area contributed by atoms with Gasteiger partial charge in [-0.25, -0.2) is 0 Å². The van der Waals surface area contributed by atoms with Gasteiger partial charge in [-0.05, 0) is 71.5 Å². The zero-order valence-electron chi connectivity index (χ0n) is 12.8. The molecule has 1 fully saturated rings. The molecule has 2 N–H and O–H groups in total. The van der Waals surface area contributed by atoms with Crippen molar-refractivity contribution in [1.29, 1.82) is 0 Å². The Balaban J connectivity index is 2.13. The van der Waals surface area contributed by atoms with Crippen molar-refractivity contribution in [3.63, 3.8) is 0 Å². The van der Waals surface area contributed by atoms with E-state index in [-0.39, 0.29) is 11.8 Å². The van der Waals surface area contributed by atoms with Crippen molar-refractivity contribution in [2.45, 2.75) is 52.9 Å². The highest BCUT2D eigenvalue weighted by Gasteiger charge is 2.22. The molecular formula is C16H30N2O. The van der Waals surface area contributed by atoms with E-state index in [0.717, 1.165) is 31.8 Å². The summed E-state index contributed by atoms with van der Waals surface area (Å²) in [5.41, 5.74) is 6.77. The lowest BCUT2D eigenvalue weighted by molar-refractivity contribution is -0.123. The van der Waals surface area contributed by atoms with Gasteiger partial charge in [0.2, 0.25) is 5.91 Å². The summed E-state index contributed by atoms with van der Waals surface area (Å²) in [6, 6.07) is 0. The fourth-order valence-corrected chi connectivity index (χ4v) is 2.64. The van der Waals surface area contributed by atoms with Crippen LogP contribution in [0.5, 0.6) is 0 Å². The van der Waals surface area contributed by atoms with Crippen molar-refractivity contribution < 1.29 is 4.79 Å². The minimum Gasteiger partial charge on any atom is -0.369 e. The number of carbonyl (C=O) groups excluding carboxylic acids is 1. The van der Waals surface area contributed by atoms with Gasteiger partial charge in [0, 0.05) is 5.92 Å². The minimum atomic E-state index is -0.116. The van der Waals surface area contributed by atoms with Crippen LogP contribution in [-0.4, -0.2) is 30.4 Å². The molecule has 1 atom stereocenters. The Kier molecular flexibility index (Phi) is 7.14. The molecule has 0 aromatic carbocycles. The summed E-state index contributed by atoms with van der Waals surface area (Å²) < 4.78 is 0. The number of carbonyl (C=O) groups is 1. The summed E-state index contributed by atoms with van der Waals surface area (Å²) in [5, 5.41) is 0. The molecule has 1 aliphatic heterocycles. The highest BCUT2D eigenvalue weighted by molar-refractivity contribution is 5.76. The van der Waals surface area contributed by atoms with E-state index in [4.69, 9.17) is 5.73 Å². The molecule has 3 heteroatoms. The van der Waals surface area contributed by atoms with E-state index >= 15 is 0 Å². The van der Waals surface area contributed by atoms with Gasteiger partial charge in [0.05, 0.1) is 0 Å². The van der Waals surface area contributed by atoms with Crippen LogP contribution in [0.4, 0.5) is 0 Å². The number of nitrogens with zero attached hydrogens (tertiary/aromatic N) is 1. The Hall–Kier alpha value is -0.830. The Bertz CT molecular complexity index is 300. The lowest BCUT2D eigenvalue weighted by Crippen LogP contribution is -2.39. The fraction of sp³-hybridized carbons (Fsp3) is 0.812. The van der Waals surface area contributed by atoms with Gasteiger partial charge in [0.25, 0.3) is 0 Å². The number of likely N-dealkylation sites (tertiary alicyclic amines) is 1. The van der Waals surface area contributed by atoms with E-state index in [2.05, 4.69) is 31.7 Å². The predicted molar refractivity (Wildman–Crippen MR) is 80.8 cm³/mol. The van der Waals surface area contributed by atoms with Crippen LogP contribution in [0.15, 0.2) is 11.6 Å². The van der Waals surface area contributed by atoms with Crippen LogP contribution in [0.25, 0.3) is 0 Å². The van der Waals surface area contributed by atoms with E-state index in [9.17, 15) is 4.79 Å². The molecule has 0 aromatic rings. The number of nitrogens with two attached hydrogens (primary N) is 1. The third-order valence-electron chi connectivity index (χ3n) is 4.14. The molecule has 110 valence electrons. The number of rotatable bonds is 7. The Morgan fingerprint density at radius 3 is 2.47 bits per heavy atom. The summed E-state index contributed by atoms with van der Waals surface area (Å²) in [4.78, 5) is 13.6. The van der Waals surface area contributed by atoms with Gasteiger partial charge in [-0.1, -0.05) is 18.6 Å². The molecule has 1 aliphatic rings. The monoisotopic (exact) mass is 266 g/mol. The van der Waals surface area contributed by atoms with Crippen LogP contribution in [0.3, 0.4) is 0 Å². The molecule has 19 heavy (non-hydrogen) atoms. The zero-order valence-corrected chi connectivity index (χ0v) is 12.8. The highest BCUT2D eigenvalue weighted by atomic mass is 16.1. The van der Waals surface area contributed by atoms with Crippen molar-refractivity contribution in [2.75, 3.05) is 19.6 Å². The first-order valence-electron chi connectivity index (χ1n) is 7.64. The molecule has 0 spiro atoms. The van der Waals surface area contributed by atoms with Gasteiger partial charge in [-0.15, -0.1) is 0 Å². The second-order valence-electron chi connectivity index (χ2n) is 6.27. The van der Waals surface area contributed by atoms with Gasteiger partial charge < -0.3 is 10.6 Å². The number of primary amides is 1. The first-order chi connectivity index (χ1) is 8.99. The number of hydrogen-bond donors (Lipinski definition) is 1. The first kappa shape index (κ1) is 16.2. The maximum Gasteiger partial charge on any atom is 0.220 e. The molecule has 3 nitrogen and oxygen atoms in total. The number of piperidine rings is 1. The predicted octanol–water partition coefficient (Wildman–Crippen LogP) is 2.96. The van der Waals surface area contributed by atoms with Crippen molar-refractivity contribution in [1.82, 2.24) is 4.90 Å². The van der Waals surface area contributed by atoms with E-state index < -0.39 is 0 Å². The maximum absolute atomic E-state index is 11.1. The maximum atomic E-state index is 11.1. The van der Waals surface area contributed by atoms with Crippen molar-refractivity contribution in [3.05, 3.63) is 11.6 Å². The summed E-state index contributed by atoms with van der Waals surface area (Å²) in [5.74, 6) is 0.783. The summed E-state index contributed by atoms with van der Waals surface area (Å²) in [6.07, 6.45) is 7.96. The molecular weight excluding hydrogens is 236 g/mol. The third-order valence-corrected chi connectivity index (χ3v) is 4.14. The molecule has 1 amide bonds. The van der Waals surface area contributed by atoms with E-state index in [1.807, 2.05) is 0 Å². The largest absolute Gasteiger partial charge is 0.369 e. The fourth-order valence-electron chi connectivity index (χ4n) is 2.64. The zero-order chi connectivity index (χ0) is 14.3. The van der Waals surface area contributed by atoms with Crippen LogP contribution >= 0.6 is 0 Å². The number of hydrogen-bond acceptors (Lipinski definition) is 2. The second kappa shape index (κ2) is 8.36. The van der Waals surface area contributed by atoms with Gasteiger partial charge in [-0.2, -0.15) is 0 Å². The molecule has 0 bridgehead atoms. The van der Waals surface area contributed by atoms with Crippen LogP contribution in [0.2, 0.25) is 0 Å². The van der Waals surface area contributed by atoms with Gasteiger partial charge in [0.15, 0.2) is 0 Å². The molecule has 0 aromatic heterocycles. The first-order valence-corrected chi connectivity index (χ1v) is 7.64. The lowest BCUT2D eigenvalue weighted by Gasteiger charge is -2.31. The normalized spacial score (nSPS) is 19.1. The summed E-state index contributed by atoms with van der Waals surface area (Å²) >= 11 is 0. The standard InChI is InChI=1S/C16H30N2O/c1-13(2)5-4-6-14(3)7-10-18-11-8-15(9-12-18)16(17)19/h5,14-15H,4,6-12H2,1-3H3,(H2,17,19)/t14-/m1/s1. The van der Waals surface area contributed by atoms with Gasteiger partial charge in [0.1, 0.15) is 0 Å². The van der Waals surface area contributed by atoms with E-state index in [1.54, 1.807) is 0 Å². The van der Waals surface area contributed by atoms with Crippen LogP contribution in [-0.2, 0) is 4.79 Å².